The number of nitrogens with two attached hydrogens (primary N) is 1. The van der Waals surface area contributed by atoms with Gasteiger partial charge < -0.3 is 10.6 Å². The molecule has 102 valence electrons. The van der Waals surface area contributed by atoms with Crippen LogP contribution in [0.4, 0.5) is 0 Å². The summed E-state index contributed by atoms with van der Waals surface area (Å²) in [6.45, 7) is 5.30. The van der Waals surface area contributed by atoms with Gasteiger partial charge in [-0.05, 0) is 17.0 Å². The second kappa shape index (κ2) is 5.43. The summed E-state index contributed by atoms with van der Waals surface area (Å²) < 4.78 is 0. The summed E-state index contributed by atoms with van der Waals surface area (Å²) in [6.07, 6.45) is 0.249. The lowest BCUT2D eigenvalue weighted by Crippen LogP contribution is -2.28. The van der Waals surface area contributed by atoms with Crippen LogP contribution in [0.3, 0.4) is 0 Å². The quantitative estimate of drug-likeness (QED) is 0.894. The summed E-state index contributed by atoms with van der Waals surface area (Å²) in [4.78, 5) is 24.6. The van der Waals surface area contributed by atoms with Crippen molar-refractivity contribution in [2.75, 3.05) is 6.54 Å². The minimum atomic E-state index is -0.383. The largest absolute Gasteiger partial charge is 0.369 e. The minimum absolute atomic E-state index is 0.0109. The standard InChI is InChI=1S/C15H20N2O2/c1-10(2)12-5-3-11(4-6-12)8-17-9-13(15(16)19)7-14(17)18/h3-6,10,13H,7-9H2,1-2H3,(H2,16,19). The van der Waals surface area contributed by atoms with Crippen molar-refractivity contribution in [3.63, 3.8) is 0 Å². The fourth-order valence-electron chi connectivity index (χ4n) is 2.34. The lowest BCUT2D eigenvalue weighted by molar-refractivity contribution is -0.128. The van der Waals surface area contributed by atoms with Gasteiger partial charge in [0.05, 0.1) is 5.92 Å². The van der Waals surface area contributed by atoms with Crippen molar-refractivity contribution in [3.8, 4) is 0 Å². The maximum Gasteiger partial charge on any atom is 0.223 e. The van der Waals surface area contributed by atoms with Gasteiger partial charge in [-0.25, -0.2) is 0 Å². The van der Waals surface area contributed by atoms with Crippen LogP contribution in [0, 0.1) is 5.92 Å². The molecule has 0 aromatic heterocycles. The van der Waals surface area contributed by atoms with Crippen LogP contribution < -0.4 is 5.73 Å². The van der Waals surface area contributed by atoms with Crippen molar-refractivity contribution in [3.05, 3.63) is 35.4 Å². The molecule has 1 atom stereocenters. The molecule has 0 spiro atoms. The first-order valence-electron chi connectivity index (χ1n) is 6.63. The summed E-state index contributed by atoms with van der Waals surface area (Å²) >= 11 is 0. The van der Waals surface area contributed by atoms with Crippen molar-refractivity contribution < 1.29 is 9.59 Å². The molecule has 1 saturated heterocycles. The second-order valence-electron chi connectivity index (χ2n) is 5.47. The number of benzene rings is 1. The molecule has 1 aliphatic heterocycles. The highest BCUT2D eigenvalue weighted by atomic mass is 16.2. The van der Waals surface area contributed by atoms with E-state index in [2.05, 4.69) is 26.0 Å². The van der Waals surface area contributed by atoms with E-state index in [1.54, 1.807) is 4.90 Å². The van der Waals surface area contributed by atoms with Gasteiger partial charge in [-0.15, -0.1) is 0 Å². The van der Waals surface area contributed by atoms with Crippen LogP contribution in [0.25, 0.3) is 0 Å². The minimum Gasteiger partial charge on any atom is -0.369 e. The molecule has 0 radical (unpaired) electrons. The molecule has 1 aromatic rings. The van der Waals surface area contributed by atoms with Gasteiger partial charge in [-0.1, -0.05) is 38.1 Å². The zero-order valence-electron chi connectivity index (χ0n) is 11.4. The molecule has 0 bridgehead atoms. The topological polar surface area (TPSA) is 63.4 Å². The number of carbonyl (C=O) groups is 2. The highest BCUT2D eigenvalue weighted by molar-refractivity contribution is 5.88. The van der Waals surface area contributed by atoms with Crippen molar-refractivity contribution >= 4 is 11.8 Å². The molecule has 4 heteroatoms. The van der Waals surface area contributed by atoms with E-state index in [9.17, 15) is 9.59 Å². The molecule has 1 fully saturated rings. The highest BCUT2D eigenvalue weighted by Gasteiger charge is 2.32. The third-order valence-electron chi connectivity index (χ3n) is 3.64. The first-order chi connectivity index (χ1) is 8.97. The first kappa shape index (κ1) is 13.6. The molecule has 0 saturated carbocycles. The average molecular weight is 260 g/mol. The molecule has 1 aromatic carbocycles. The van der Waals surface area contributed by atoms with Crippen molar-refractivity contribution in [1.82, 2.24) is 4.90 Å². The molecule has 0 aliphatic carbocycles. The number of nitrogens with zero attached hydrogens (tertiary/aromatic N) is 1. The lowest BCUT2D eigenvalue weighted by Gasteiger charge is -2.16. The molecule has 4 nitrogen and oxygen atoms in total. The normalized spacial score (nSPS) is 19.2. The Hall–Kier alpha value is -1.84. The molecular weight excluding hydrogens is 240 g/mol. The zero-order chi connectivity index (χ0) is 14.0. The molecule has 1 unspecified atom stereocenters. The van der Waals surface area contributed by atoms with E-state index >= 15 is 0 Å². The van der Waals surface area contributed by atoms with Gasteiger partial charge in [0.15, 0.2) is 0 Å². The number of rotatable bonds is 4. The highest BCUT2D eigenvalue weighted by Crippen LogP contribution is 2.21. The van der Waals surface area contributed by atoms with Crippen molar-refractivity contribution in [1.29, 1.82) is 0 Å². The summed E-state index contributed by atoms with van der Waals surface area (Å²) in [5.41, 5.74) is 7.62. The number of likely N-dealkylation sites (tertiary alicyclic amines) is 1. The Labute approximate surface area is 113 Å². The molecule has 2 amide bonds. The van der Waals surface area contributed by atoms with E-state index < -0.39 is 0 Å². The second-order valence-corrected chi connectivity index (χ2v) is 5.47. The number of primary amides is 1. The Kier molecular flexibility index (Phi) is 3.88. The SMILES string of the molecule is CC(C)c1ccc(CN2CC(C(N)=O)CC2=O)cc1. The van der Waals surface area contributed by atoms with Gasteiger partial charge in [0, 0.05) is 19.5 Å². The molecule has 19 heavy (non-hydrogen) atoms. The molecule has 1 heterocycles. The van der Waals surface area contributed by atoms with Crippen LogP contribution >= 0.6 is 0 Å². The predicted molar refractivity (Wildman–Crippen MR) is 73.2 cm³/mol. The van der Waals surface area contributed by atoms with E-state index in [1.165, 1.54) is 5.56 Å². The van der Waals surface area contributed by atoms with E-state index in [4.69, 9.17) is 5.73 Å². The third kappa shape index (κ3) is 3.13. The number of amides is 2. The summed E-state index contributed by atoms with van der Waals surface area (Å²) in [6, 6.07) is 8.26. The molecule has 2 N–H and O–H groups in total. The summed E-state index contributed by atoms with van der Waals surface area (Å²) in [7, 11) is 0. The Bertz CT molecular complexity index is 479. The third-order valence-corrected chi connectivity index (χ3v) is 3.64. The lowest BCUT2D eigenvalue weighted by atomic mass is 10.0. The van der Waals surface area contributed by atoms with E-state index in [1.807, 2.05) is 12.1 Å². The van der Waals surface area contributed by atoms with E-state index in [0.29, 0.717) is 19.0 Å². The maximum atomic E-state index is 11.8. The Morgan fingerprint density at radius 3 is 2.47 bits per heavy atom. The van der Waals surface area contributed by atoms with Crippen LogP contribution in [-0.2, 0) is 16.1 Å². The van der Waals surface area contributed by atoms with Gasteiger partial charge in [0.1, 0.15) is 0 Å². The van der Waals surface area contributed by atoms with Crippen LogP contribution in [0.15, 0.2) is 24.3 Å². The van der Waals surface area contributed by atoms with Crippen molar-refractivity contribution in [2.45, 2.75) is 32.7 Å². The Morgan fingerprint density at radius 1 is 1.37 bits per heavy atom. The Balaban J connectivity index is 2.01. The first-order valence-corrected chi connectivity index (χ1v) is 6.63. The van der Waals surface area contributed by atoms with Crippen LogP contribution in [-0.4, -0.2) is 23.3 Å². The zero-order valence-corrected chi connectivity index (χ0v) is 11.4. The summed E-state index contributed by atoms with van der Waals surface area (Å²) in [5.74, 6) is -0.202. The number of hydrogen-bond donors (Lipinski definition) is 1. The predicted octanol–water partition coefficient (Wildman–Crippen LogP) is 1.64. The number of hydrogen-bond acceptors (Lipinski definition) is 2. The van der Waals surface area contributed by atoms with Crippen LogP contribution in [0.5, 0.6) is 0 Å². The van der Waals surface area contributed by atoms with Gasteiger partial charge in [0.2, 0.25) is 11.8 Å². The van der Waals surface area contributed by atoms with Gasteiger partial charge in [-0.2, -0.15) is 0 Å². The van der Waals surface area contributed by atoms with E-state index in [-0.39, 0.29) is 24.2 Å². The number of carbonyl (C=O) groups excluding carboxylic acids is 2. The molecule has 2 rings (SSSR count). The summed E-state index contributed by atoms with van der Waals surface area (Å²) in [5, 5.41) is 0. The average Bonchev–Trinajstić information content (AvgIpc) is 2.72. The van der Waals surface area contributed by atoms with Crippen molar-refractivity contribution in [2.24, 2.45) is 11.7 Å². The maximum absolute atomic E-state index is 11.8. The monoisotopic (exact) mass is 260 g/mol. The fraction of sp³-hybridized carbons (Fsp3) is 0.467. The fourth-order valence-corrected chi connectivity index (χ4v) is 2.34. The van der Waals surface area contributed by atoms with Crippen LogP contribution in [0.2, 0.25) is 0 Å². The van der Waals surface area contributed by atoms with Gasteiger partial charge in [-0.3, -0.25) is 9.59 Å². The van der Waals surface area contributed by atoms with Crippen LogP contribution in [0.1, 0.15) is 37.3 Å². The Morgan fingerprint density at radius 2 is 2.00 bits per heavy atom. The van der Waals surface area contributed by atoms with E-state index in [0.717, 1.165) is 5.56 Å². The molecule has 1 aliphatic rings. The molecular formula is C15H20N2O2. The van der Waals surface area contributed by atoms with Gasteiger partial charge >= 0.3 is 0 Å². The smallest absolute Gasteiger partial charge is 0.223 e. The van der Waals surface area contributed by atoms with Gasteiger partial charge in [0.25, 0.3) is 0 Å².